The van der Waals surface area contributed by atoms with Crippen LogP contribution in [0.15, 0.2) is 78.9 Å². The lowest BCUT2D eigenvalue weighted by molar-refractivity contribution is 0.0600. The van der Waals surface area contributed by atoms with Crippen LogP contribution in [0.3, 0.4) is 0 Å². The van der Waals surface area contributed by atoms with Crippen LogP contribution in [0.5, 0.6) is 11.5 Å². The number of nitrogens with one attached hydrogen (secondary N) is 1. The number of para-hydroxylation sites is 1. The third-order valence-electron chi connectivity index (χ3n) is 3.64. The summed E-state index contributed by atoms with van der Waals surface area (Å²) in [5.74, 6) is 0.611. The quantitative estimate of drug-likeness (QED) is 0.689. The summed E-state index contributed by atoms with van der Waals surface area (Å²) >= 11 is 0. The summed E-state index contributed by atoms with van der Waals surface area (Å²) in [6.07, 6.45) is 0. The van der Waals surface area contributed by atoms with Crippen LogP contribution in [0.4, 0.5) is 5.69 Å². The van der Waals surface area contributed by atoms with E-state index in [1.807, 2.05) is 30.3 Å². The Morgan fingerprint density at radius 2 is 1.42 bits per heavy atom. The van der Waals surface area contributed by atoms with E-state index in [1.54, 1.807) is 42.5 Å². The second kappa shape index (κ2) is 7.98. The number of hydrogen-bond acceptors (Lipinski definition) is 4. The smallest absolute Gasteiger partial charge is 0.337 e. The van der Waals surface area contributed by atoms with Gasteiger partial charge in [0.05, 0.1) is 12.7 Å². The van der Waals surface area contributed by atoms with E-state index in [-0.39, 0.29) is 5.91 Å². The first-order valence-corrected chi connectivity index (χ1v) is 7.98. The van der Waals surface area contributed by atoms with Gasteiger partial charge in [-0.2, -0.15) is 0 Å². The molecule has 0 aliphatic rings. The molecule has 3 aromatic carbocycles. The van der Waals surface area contributed by atoms with Crippen molar-refractivity contribution >= 4 is 17.6 Å². The lowest BCUT2D eigenvalue weighted by atomic mass is 10.1. The van der Waals surface area contributed by atoms with Crippen molar-refractivity contribution in [2.45, 2.75) is 0 Å². The van der Waals surface area contributed by atoms with Crippen LogP contribution in [0, 0.1) is 0 Å². The largest absolute Gasteiger partial charge is 0.465 e. The maximum absolute atomic E-state index is 12.4. The number of carbonyl (C=O) groups excluding carboxylic acids is 2. The molecule has 0 spiro atoms. The van der Waals surface area contributed by atoms with Gasteiger partial charge in [-0.15, -0.1) is 0 Å². The molecule has 0 aliphatic heterocycles. The van der Waals surface area contributed by atoms with Crippen molar-refractivity contribution in [3.63, 3.8) is 0 Å². The van der Waals surface area contributed by atoms with Gasteiger partial charge in [0.15, 0.2) is 0 Å². The molecule has 26 heavy (non-hydrogen) atoms. The molecule has 0 unspecified atom stereocenters. The Bertz CT molecular complexity index is 905. The Hall–Kier alpha value is -3.60. The number of ether oxygens (including phenoxy) is 2. The van der Waals surface area contributed by atoms with Gasteiger partial charge in [0.2, 0.25) is 0 Å². The lowest BCUT2D eigenvalue weighted by Crippen LogP contribution is -2.13. The van der Waals surface area contributed by atoms with E-state index in [0.29, 0.717) is 22.6 Å². The molecule has 5 nitrogen and oxygen atoms in total. The van der Waals surface area contributed by atoms with E-state index in [1.165, 1.54) is 13.2 Å². The van der Waals surface area contributed by atoms with Gasteiger partial charge in [-0.3, -0.25) is 4.79 Å². The summed E-state index contributed by atoms with van der Waals surface area (Å²) in [7, 11) is 1.30. The molecule has 0 atom stereocenters. The predicted octanol–water partition coefficient (Wildman–Crippen LogP) is 4.52. The number of anilines is 1. The number of hydrogen-bond donors (Lipinski definition) is 1. The molecule has 3 rings (SSSR count). The summed E-state index contributed by atoms with van der Waals surface area (Å²) in [6.45, 7) is 0. The number of rotatable bonds is 5. The molecule has 0 heterocycles. The van der Waals surface area contributed by atoms with Crippen molar-refractivity contribution < 1.29 is 19.1 Å². The molecule has 0 aromatic heterocycles. The molecule has 0 bridgehead atoms. The molecule has 0 saturated carbocycles. The summed E-state index contributed by atoms with van der Waals surface area (Å²) in [6, 6.07) is 22.8. The van der Waals surface area contributed by atoms with Gasteiger partial charge in [0.1, 0.15) is 11.5 Å². The average Bonchev–Trinajstić information content (AvgIpc) is 2.69. The highest BCUT2D eigenvalue weighted by atomic mass is 16.5. The van der Waals surface area contributed by atoms with Gasteiger partial charge in [-0.1, -0.05) is 24.3 Å². The maximum atomic E-state index is 12.4. The molecule has 1 N–H and O–H groups in total. The lowest BCUT2D eigenvalue weighted by Gasteiger charge is -2.09. The summed E-state index contributed by atoms with van der Waals surface area (Å²) < 4.78 is 10.4. The van der Waals surface area contributed by atoms with Gasteiger partial charge in [0.25, 0.3) is 5.91 Å². The number of carbonyl (C=O) groups is 2. The zero-order chi connectivity index (χ0) is 18.4. The van der Waals surface area contributed by atoms with Crippen molar-refractivity contribution in [1.29, 1.82) is 0 Å². The maximum Gasteiger partial charge on any atom is 0.337 e. The van der Waals surface area contributed by atoms with E-state index in [4.69, 9.17) is 4.74 Å². The van der Waals surface area contributed by atoms with Crippen LogP contribution < -0.4 is 10.1 Å². The predicted molar refractivity (Wildman–Crippen MR) is 98.7 cm³/mol. The molecule has 0 aliphatic carbocycles. The highest BCUT2D eigenvalue weighted by Crippen LogP contribution is 2.23. The van der Waals surface area contributed by atoms with E-state index in [0.717, 1.165) is 5.75 Å². The van der Waals surface area contributed by atoms with Crippen molar-refractivity contribution in [2.75, 3.05) is 12.4 Å². The number of methoxy groups -OCH3 is 1. The summed E-state index contributed by atoms with van der Waals surface area (Å²) in [5.41, 5.74) is 1.32. The molecule has 3 aromatic rings. The Kier molecular flexibility index (Phi) is 5.29. The van der Waals surface area contributed by atoms with Gasteiger partial charge in [-0.05, 0) is 54.6 Å². The van der Waals surface area contributed by atoms with Crippen molar-refractivity contribution in [3.8, 4) is 11.5 Å². The Morgan fingerprint density at radius 3 is 2.12 bits per heavy atom. The summed E-state index contributed by atoms with van der Waals surface area (Å²) in [5, 5.41) is 2.79. The molecular formula is C21H17NO4. The first-order valence-electron chi connectivity index (χ1n) is 7.98. The molecule has 5 heteroatoms. The van der Waals surface area contributed by atoms with Gasteiger partial charge < -0.3 is 14.8 Å². The highest BCUT2D eigenvalue weighted by Gasteiger charge is 2.11. The third-order valence-corrected chi connectivity index (χ3v) is 3.64. The van der Waals surface area contributed by atoms with Crippen LogP contribution in [-0.4, -0.2) is 19.0 Å². The average molecular weight is 347 g/mol. The fourth-order valence-electron chi connectivity index (χ4n) is 2.34. The zero-order valence-corrected chi connectivity index (χ0v) is 14.1. The molecule has 0 radical (unpaired) electrons. The van der Waals surface area contributed by atoms with Crippen LogP contribution >= 0.6 is 0 Å². The van der Waals surface area contributed by atoms with E-state index < -0.39 is 5.97 Å². The molecule has 130 valence electrons. The van der Waals surface area contributed by atoms with Crippen LogP contribution in [0.1, 0.15) is 20.7 Å². The second-order valence-corrected chi connectivity index (χ2v) is 5.47. The van der Waals surface area contributed by atoms with Crippen molar-refractivity contribution in [1.82, 2.24) is 0 Å². The number of benzene rings is 3. The van der Waals surface area contributed by atoms with Crippen molar-refractivity contribution in [2.24, 2.45) is 0 Å². The van der Waals surface area contributed by atoms with E-state index >= 15 is 0 Å². The molecule has 0 saturated heterocycles. The van der Waals surface area contributed by atoms with Crippen LogP contribution in [0.2, 0.25) is 0 Å². The van der Waals surface area contributed by atoms with E-state index in [9.17, 15) is 9.59 Å². The minimum atomic E-state index is -0.484. The normalized spacial score (nSPS) is 10.0. The van der Waals surface area contributed by atoms with Gasteiger partial charge >= 0.3 is 5.97 Å². The second-order valence-electron chi connectivity index (χ2n) is 5.47. The Morgan fingerprint density at radius 1 is 0.769 bits per heavy atom. The van der Waals surface area contributed by atoms with E-state index in [2.05, 4.69) is 10.1 Å². The summed E-state index contributed by atoms with van der Waals surface area (Å²) in [4.78, 5) is 23.9. The third kappa shape index (κ3) is 4.27. The highest BCUT2D eigenvalue weighted by molar-refractivity contribution is 6.05. The number of amides is 1. The number of esters is 1. The fourth-order valence-corrected chi connectivity index (χ4v) is 2.34. The minimum Gasteiger partial charge on any atom is -0.465 e. The Balaban J connectivity index is 1.67. The van der Waals surface area contributed by atoms with Gasteiger partial charge in [-0.25, -0.2) is 4.79 Å². The zero-order valence-electron chi connectivity index (χ0n) is 14.1. The first-order chi connectivity index (χ1) is 12.7. The van der Waals surface area contributed by atoms with Crippen LogP contribution in [0.25, 0.3) is 0 Å². The Labute approximate surface area is 151 Å². The van der Waals surface area contributed by atoms with Gasteiger partial charge in [0, 0.05) is 11.3 Å². The SMILES string of the molecule is COC(=O)c1cccc(C(=O)Nc2ccc(Oc3ccccc3)cc2)c1. The minimum absolute atomic E-state index is 0.313. The standard InChI is InChI=1S/C21H17NO4/c1-25-21(24)16-7-5-6-15(14-16)20(23)22-17-10-12-19(13-11-17)26-18-8-3-2-4-9-18/h2-14H,1H3,(H,22,23). The molecule has 0 fully saturated rings. The molecule has 1 amide bonds. The molecular weight excluding hydrogens is 330 g/mol. The van der Waals surface area contributed by atoms with Crippen molar-refractivity contribution in [3.05, 3.63) is 90.0 Å². The monoisotopic (exact) mass is 347 g/mol. The topological polar surface area (TPSA) is 64.6 Å². The first kappa shape index (κ1) is 17.2. The fraction of sp³-hybridized carbons (Fsp3) is 0.0476. The van der Waals surface area contributed by atoms with Crippen LogP contribution in [-0.2, 0) is 4.74 Å².